The van der Waals surface area contributed by atoms with E-state index < -0.39 is 11.6 Å². The maximum atomic E-state index is 12.5. The lowest BCUT2D eigenvalue weighted by molar-refractivity contribution is -0.122. The fourth-order valence-electron chi connectivity index (χ4n) is 4.16. The Hall–Kier alpha value is -3.43. The van der Waals surface area contributed by atoms with E-state index in [2.05, 4.69) is 15.8 Å². The Labute approximate surface area is 199 Å². The van der Waals surface area contributed by atoms with Crippen molar-refractivity contribution in [3.05, 3.63) is 24.0 Å². The number of carbonyl (C=O) groups is 2. The lowest BCUT2D eigenvalue weighted by atomic mass is 10.1. The monoisotopic (exact) mass is 471 g/mol. The molecule has 4 rings (SSSR count). The Morgan fingerprint density at radius 3 is 2.91 bits per heavy atom. The van der Waals surface area contributed by atoms with Gasteiger partial charge in [-0.1, -0.05) is 0 Å². The zero-order chi connectivity index (χ0) is 24.5. The van der Waals surface area contributed by atoms with Crippen molar-refractivity contribution in [3.63, 3.8) is 0 Å². The van der Waals surface area contributed by atoms with E-state index in [1.807, 2.05) is 57.7 Å². The van der Waals surface area contributed by atoms with Gasteiger partial charge in [-0.2, -0.15) is 5.10 Å². The molecule has 3 heterocycles. The molecule has 0 bridgehead atoms. The molecule has 34 heavy (non-hydrogen) atoms. The highest BCUT2D eigenvalue weighted by molar-refractivity contribution is 6.09. The van der Waals surface area contributed by atoms with E-state index >= 15 is 0 Å². The van der Waals surface area contributed by atoms with Crippen molar-refractivity contribution in [2.75, 3.05) is 36.5 Å². The van der Waals surface area contributed by atoms with Crippen LogP contribution in [0.4, 0.5) is 16.2 Å². The van der Waals surface area contributed by atoms with Crippen LogP contribution in [-0.2, 0) is 14.3 Å². The summed E-state index contributed by atoms with van der Waals surface area (Å²) in [5.74, 6) is 1.15. The standard InChI is InChI=1S/C24H33N5O5/c1-6-32-10-8-16-11-20-19(29-15(2)22(30)27-26-21(29)14-33-20)12-18(16)25-17-7-9-28(13-17)23(31)34-24(3,4)5/h8,10-12,15,17,25H,6-7,9,13-14H2,1-5H3,(H,27,30)/t15-,17+/m1/s1. The summed E-state index contributed by atoms with van der Waals surface area (Å²) in [4.78, 5) is 28.4. The summed E-state index contributed by atoms with van der Waals surface area (Å²) >= 11 is 0. The Kier molecular flexibility index (Phi) is 6.58. The van der Waals surface area contributed by atoms with Crippen molar-refractivity contribution in [1.29, 1.82) is 0 Å². The molecule has 2 amide bonds. The largest absolute Gasteiger partial charge is 0.501 e. The molecule has 2 N–H and O–H groups in total. The zero-order valence-electron chi connectivity index (χ0n) is 20.4. The van der Waals surface area contributed by atoms with Crippen LogP contribution in [0.25, 0.3) is 6.08 Å². The van der Waals surface area contributed by atoms with Crippen molar-refractivity contribution in [1.82, 2.24) is 10.3 Å². The Morgan fingerprint density at radius 1 is 1.38 bits per heavy atom. The van der Waals surface area contributed by atoms with Crippen LogP contribution < -0.4 is 20.4 Å². The fourth-order valence-corrected chi connectivity index (χ4v) is 4.16. The summed E-state index contributed by atoms with van der Waals surface area (Å²) in [6, 6.07) is 3.54. The SMILES string of the molecule is CCOC=Cc1cc2c(cc1N[C@H]1CCN(C(=O)OC(C)(C)C)C1)N1C(=NNC(=O)[C@H]1C)CO2. The number of amidine groups is 1. The maximum absolute atomic E-state index is 12.5. The van der Waals surface area contributed by atoms with Crippen molar-refractivity contribution in [3.8, 4) is 5.75 Å². The van der Waals surface area contributed by atoms with Gasteiger partial charge in [0, 0.05) is 30.4 Å². The van der Waals surface area contributed by atoms with Crippen molar-refractivity contribution >= 4 is 35.3 Å². The number of hydrazone groups is 1. The zero-order valence-corrected chi connectivity index (χ0v) is 20.4. The molecule has 0 spiro atoms. The second-order valence-electron chi connectivity index (χ2n) is 9.56. The van der Waals surface area contributed by atoms with Crippen molar-refractivity contribution < 1.29 is 23.8 Å². The number of likely N-dealkylation sites (tertiary alicyclic amines) is 1. The van der Waals surface area contributed by atoms with Gasteiger partial charge in [0.2, 0.25) is 0 Å². The molecule has 1 saturated heterocycles. The number of rotatable bonds is 5. The number of ether oxygens (including phenoxy) is 3. The third-order valence-corrected chi connectivity index (χ3v) is 5.80. The molecule has 0 saturated carbocycles. The van der Waals surface area contributed by atoms with Gasteiger partial charge in [0.05, 0.1) is 18.6 Å². The van der Waals surface area contributed by atoms with Gasteiger partial charge in [0.25, 0.3) is 5.91 Å². The second-order valence-corrected chi connectivity index (χ2v) is 9.56. The van der Waals surface area contributed by atoms with E-state index in [0.717, 1.165) is 23.4 Å². The van der Waals surface area contributed by atoms with E-state index in [9.17, 15) is 9.59 Å². The van der Waals surface area contributed by atoms with Gasteiger partial charge < -0.3 is 29.3 Å². The average Bonchev–Trinajstić information content (AvgIpc) is 3.24. The number of carbonyl (C=O) groups excluding carboxylic acids is 2. The topological polar surface area (TPSA) is 105 Å². The number of benzene rings is 1. The minimum absolute atomic E-state index is 0.0459. The summed E-state index contributed by atoms with van der Waals surface area (Å²) in [6.45, 7) is 11.3. The molecule has 184 valence electrons. The van der Waals surface area contributed by atoms with Crippen LogP contribution >= 0.6 is 0 Å². The first-order valence-corrected chi connectivity index (χ1v) is 11.7. The predicted octanol–water partition coefficient (Wildman–Crippen LogP) is 3.15. The minimum atomic E-state index is -0.533. The van der Waals surface area contributed by atoms with Crippen molar-refractivity contribution in [2.24, 2.45) is 5.10 Å². The second kappa shape index (κ2) is 9.44. The first-order valence-electron chi connectivity index (χ1n) is 11.7. The molecule has 3 aliphatic rings. The quantitative estimate of drug-likeness (QED) is 0.636. The molecular weight excluding hydrogens is 438 g/mol. The highest BCUT2D eigenvalue weighted by Gasteiger charge is 2.36. The summed E-state index contributed by atoms with van der Waals surface area (Å²) in [7, 11) is 0. The summed E-state index contributed by atoms with van der Waals surface area (Å²) in [5, 5.41) is 7.74. The van der Waals surface area contributed by atoms with Crippen LogP contribution in [0.2, 0.25) is 0 Å². The van der Waals surface area contributed by atoms with Crippen molar-refractivity contribution in [2.45, 2.75) is 58.7 Å². The van der Waals surface area contributed by atoms with Gasteiger partial charge in [-0.25, -0.2) is 10.2 Å². The van der Waals surface area contributed by atoms with Gasteiger partial charge in [0.1, 0.15) is 24.0 Å². The molecule has 1 aromatic rings. The molecule has 3 aliphatic heterocycles. The minimum Gasteiger partial charge on any atom is -0.501 e. The lowest BCUT2D eigenvalue weighted by Gasteiger charge is -2.38. The number of fused-ring (bicyclic) bond motifs is 3. The van der Waals surface area contributed by atoms with Crippen LogP contribution in [0.3, 0.4) is 0 Å². The Morgan fingerprint density at radius 2 is 2.18 bits per heavy atom. The normalized spacial score (nSPS) is 21.9. The third-order valence-electron chi connectivity index (χ3n) is 5.80. The number of nitrogens with zero attached hydrogens (tertiary/aromatic N) is 3. The lowest BCUT2D eigenvalue weighted by Crippen LogP contribution is -2.55. The average molecular weight is 472 g/mol. The van der Waals surface area contributed by atoms with Gasteiger partial charge in [-0.3, -0.25) is 4.79 Å². The Bertz CT molecular complexity index is 1020. The van der Waals surface area contributed by atoms with E-state index in [1.54, 1.807) is 11.2 Å². The molecule has 10 heteroatoms. The van der Waals surface area contributed by atoms with E-state index in [1.165, 1.54) is 0 Å². The highest BCUT2D eigenvalue weighted by atomic mass is 16.6. The van der Waals surface area contributed by atoms with Gasteiger partial charge >= 0.3 is 6.09 Å². The number of hydrogen-bond donors (Lipinski definition) is 2. The van der Waals surface area contributed by atoms with E-state index in [0.29, 0.717) is 31.3 Å². The van der Waals surface area contributed by atoms with Gasteiger partial charge in [-0.05, 0) is 59.2 Å². The van der Waals surface area contributed by atoms with Crippen LogP contribution in [0.15, 0.2) is 23.5 Å². The van der Waals surface area contributed by atoms with E-state index in [-0.39, 0.29) is 24.6 Å². The number of anilines is 2. The molecule has 1 aromatic carbocycles. The van der Waals surface area contributed by atoms with Crippen LogP contribution in [-0.4, -0.2) is 66.7 Å². The summed E-state index contributed by atoms with van der Waals surface area (Å²) in [5.41, 5.74) is 4.53. The molecule has 0 unspecified atom stereocenters. The highest BCUT2D eigenvalue weighted by Crippen LogP contribution is 2.40. The van der Waals surface area contributed by atoms with Crippen LogP contribution in [0, 0.1) is 0 Å². The maximum Gasteiger partial charge on any atom is 0.410 e. The molecule has 0 radical (unpaired) electrons. The molecule has 0 aromatic heterocycles. The number of amides is 2. The first kappa shape index (κ1) is 23.7. The molecule has 2 atom stereocenters. The molecule has 0 aliphatic carbocycles. The third kappa shape index (κ3) is 5.05. The molecule has 10 nitrogen and oxygen atoms in total. The van der Waals surface area contributed by atoms with Crippen LogP contribution in [0.5, 0.6) is 5.75 Å². The molecule has 1 fully saturated rings. The van der Waals surface area contributed by atoms with Gasteiger partial charge in [0.15, 0.2) is 5.84 Å². The predicted molar refractivity (Wildman–Crippen MR) is 130 cm³/mol. The summed E-state index contributed by atoms with van der Waals surface area (Å²) in [6.07, 6.45) is 4.02. The van der Waals surface area contributed by atoms with Crippen LogP contribution in [0.1, 0.15) is 46.6 Å². The van der Waals surface area contributed by atoms with Gasteiger partial charge in [-0.15, -0.1) is 0 Å². The fraction of sp³-hybridized carbons (Fsp3) is 0.542. The number of nitrogens with one attached hydrogen (secondary N) is 2. The summed E-state index contributed by atoms with van der Waals surface area (Å²) < 4.78 is 16.9. The first-order chi connectivity index (χ1) is 16.2. The Balaban J connectivity index is 1.60. The number of hydrogen-bond acceptors (Lipinski definition) is 8. The molecular formula is C24H33N5O5. The smallest absolute Gasteiger partial charge is 0.410 e. The van der Waals surface area contributed by atoms with E-state index in [4.69, 9.17) is 14.2 Å².